The van der Waals surface area contributed by atoms with Gasteiger partial charge >= 0.3 is 0 Å². The standard InChI is InChI=1S/C11H16N2O4/c1-15-7-9(14)5-10-12-11(13-17-10)8-3-2-4-16-6-8/h8H,2-7H2,1H3. The van der Waals surface area contributed by atoms with Crippen LogP contribution in [-0.2, 0) is 20.7 Å². The molecule has 1 aromatic rings. The summed E-state index contributed by atoms with van der Waals surface area (Å²) >= 11 is 0. The van der Waals surface area contributed by atoms with Crippen LogP contribution in [0.3, 0.4) is 0 Å². The molecular formula is C11H16N2O4. The topological polar surface area (TPSA) is 74.5 Å². The second kappa shape index (κ2) is 5.88. The maximum Gasteiger partial charge on any atom is 0.234 e. The molecule has 1 aliphatic rings. The summed E-state index contributed by atoms with van der Waals surface area (Å²) in [6.45, 7) is 1.50. The van der Waals surface area contributed by atoms with Gasteiger partial charge in [0.15, 0.2) is 11.6 Å². The van der Waals surface area contributed by atoms with Gasteiger partial charge < -0.3 is 14.0 Å². The van der Waals surface area contributed by atoms with Crippen molar-refractivity contribution in [3.8, 4) is 0 Å². The Morgan fingerprint density at radius 3 is 3.18 bits per heavy atom. The van der Waals surface area contributed by atoms with Gasteiger partial charge in [-0.15, -0.1) is 0 Å². The summed E-state index contributed by atoms with van der Waals surface area (Å²) in [6.07, 6.45) is 2.15. The van der Waals surface area contributed by atoms with Crippen LogP contribution < -0.4 is 0 Å². The van der Waals surface area contributed by atoms with E-state index >= 15 is 0 Å². The molecule has 6 heteroatoms. The fraction of sp³-hybridized carbons (Fsp3) is 0.727. The van der Waals surface area contributed by atoms with Crippen molar-refractivity contribution in [3.05, 3.63) is 11.7 Å². The highest BCUT2D eigenvalue weighted by Gasteiger charge is 2.22. The van der Waals surface area contributed by atoms with Crippen LogP contribution in [0.25, 0.3) is 0 Å². The molecule has 1 aliphatic heterocycles. The molecule has 17 heavy (non-hydrogen) atoms. The molecule has 0 spiro atoms. The molecule has 2 rings (SSSR count). The van der Waals surface area contributed by atoms with Gasteiger partial charge in [-0.25, -0.2) is 0 Å². The first-order chi connectivity index (χ1) is 8.29. The largest absolute Gasteiger partial charge is 0.381 e. The summed E-state index contributed by atoms with van der Waals surface area (Å²) in [5.41, 5.74) is 0. The van der Waals surface area contributed by atoms with Crippen LogP contribution in [0, 0.1) is 0 Å². The van der Waals surface area contributed by atoms with Gasteiger partial charge in [0.2, 0.25) is 5.89 Å². The summed E-state index contributed by atoms with van der Waals surface area (Å²) in [5.74, 6) is 1.12. The Morgan fingerprint density at radius 2 is 2.47 bits per heavy atom. The number of ether oxygens (including phenoxy) is 2. The smallest absolute Gasteiger partial charge is 0.234 e. The van der Waals surface area contributed by atoms with Crippen molar-refractivity contribution in [2.45, 2.75) is 25.2 Å². The van der Waals surface area contributed by atoms with Gasteiger partial charge in [0.1, 0.15) is 6.61 Å². The van der Waals surface area contributed by atoms with Crippen LogP contribution in [0.2, 0.25) is 0 Å². The van der Waals surface area contributed by atoms with Gasteiger partial charge in [-0.1, -0.05) is 5.16 Å². The van der Waals surface area contributed by atoms with Crippen LogP contribution in [0.1, 0.15) is 30.5 Å². The second-order valence-corrected chi connectivity index (χ2v) is 4.11. The van der Waals surface area contributed by atoms with Crippen molar-refractivity contribution in [2.75, 3.05) is 26.9 Å². The predicted molar refractivity (Wildman–Crippen MR) is 57.7 cm³/mol. The molecule has 0 aromatic carbocycles. The minimum atomic E-state index is -0.0670. The van der Waals surface area contributed by atoms with E-state index in [4.69, 9.17) is 14.0 Å². The molecule has 0 N–H and O–H groups in total. The minimum absolute atomic E-state index is 0.0670. The lowest BCUT2D eigenvalue weighted by Gasteiger charge is -2.18. The third-order valence-corrected chi connectivity index (χ3v) is 2.66. The molecule has 0 amide bonds. The molecule has 1 aromatic heterocycles. The number of hydrogen-bond acceptors (Lipinski definition) is 6. The fourth-order valence-corrected chi connectivity index (χ4v) is 1.83. The van der Waals surface area contributed by atoms with Crippen LogP contribution in [-0.4, -0.2) is 42.9 Å². The SMILES string of the molecule is COCC(=O)Cc1nc(C2CCCOC2)no1. The highest BCUT2D eigenvalue weighted by Crippen LogP contribution is 2.22. The van der Waals surface area contributed by atoms with E-state index in [1.165, 1.54) is 7.11 Å². The van der Waals surface area contributed by atoms with Gasteiger partial charge in [0.25, 0.3) is 0 Å². The van der Waals surface area contributed by atoms with Gasteiger partial charge in [0, 0.05) is 19.6 Å². The van der Waals surface area contributed by atoms with Gasteiger partial charge in [-0.3, -0.25) is 4.79 Å². The van der Waals surface area contributed by atoms with Gasteiger partial charge in [0.05, 0.1) is 13.0 Å². The maximum atomic E-state index is 11.3. The molecule has 0 aliphatic carbocycles. The Labute approximate surface area is 99.3 Å². The van der Waals surface area contributed by atoms with Crippen molar-refractivity contribution in [3.63, 3.8) is 0 Å². The van der Waals surface area contributed by atoms with E-state index < -0.39 is 0 Å². The monoisotopic (exact) mass is 240 g/mol. The van der Waals surface area contributed by atoms with Crippen molar-refractivity contribution in [2.24, 2.45) is 0 Å². The molecule has 0 radical (unpaired) electrons. The Kier molecular flexibility index (Phi) is 4.22. The first kappa shape index (κ1) is 12.2. The van der Waals surface area contributed by atoms with E-state index in [0.717, 1.165) is 19.4 Å². The van der Waals surface area contributed by atoms with E-state index in [1.54, 1.807) is 0 Å². The summed E-state index contributed by atoms with van der Waals surface area (Å²) in [4.78, 5) is 15.5. The quantitative estimate of drug-likeness (QED) is 0.755. The first-order valence-electron chi connectivity index (χ1n) is 5.70. The Morgan fingerprint density at radius 1 is 1.59 bits per heavy atom. The summed E-state index contributed by atoms with van der Waals surface area (Å²) in [7, 11) is 1.48. The van der Waals surface area contributed by atoms with Crippen LogP contribution in [0.4, 0.5) is 0 Å². The summed E-state index contributed by atoms with van der Waals surface area (Å²) < 4.78 is 15.1. The van der Waals surface area contributed by atoms with E-state index in [2.05, 4.69) is 10.1 Å². The maximum absolute atomic E-state index is 11.3. The summed E-state index contributed by atoms with van der Waals surface area (Å²) in [5, 5.41) is 3.89. The molecule has 0 bridgehead atoms. The van der Waals surface area contributed by atoms with Crippen molar-refractivity contribution < 1.29 is 18.8 Å². The van der Waals surface area contributed by atoms with Crippen molar-refractivity contribution in [1.82, 2.24) is 10.1 Å². The molecule has 1 fully saturated rings. The molecule has 1 saturated heterocycles. The third-order valence-electron chi connectivity index (χ3n) is 2.66. The molecule has 1 atom stereocenters. The zero-order chi connectivity index (χ0) is 12.1. The number of carbonyl (C=O) groups excluding carboxylic acids is 1. The lowest BCUT2D eigenvalue weighted by atomic mass is 10.0. The van der Waals surface area contributed by atoms with E-state index in [0.29, 0.717) is 18.3 Å². The van der Waals surface area contributed by atoms with E-state index in [1.807, 2.05) is 0 Å². The molecule has 94 valence electrons. The number of aromatic nitrogens is 2. The third kappa shape index (κ3) is 3.34. The molecule has 0 saturated carbocycles. The zero-order valence-corrected chi connectivity index (χ0v) is 9.85. The second-order valence-electron chi connectivity index (χ2n) is 4.11. The van der Waals surface area contributed by atoms with Crippen molar-refractivity contribution >= 4 is 5.78 Å². The highest BCUT2D eigenvalue weighted by atomic mass is 16.5. The highest BCUT2D eigenvalue weighted by molar-refractivity contribution is 5.81. The van der Waals surface area contributed by atoms with Crippen molar-refractivity contribution in [1.29, 1.82) is 0 Å². The number of carbonyl (C=O) groups is 1. The number of Topliss-reactive ketones (excluding diaryl/α,β-unsaturated/α-hetero) is 1. The van der Waals surface area contributed by atoms with E-state index in [9.17, 15) is 4.79 Å². The molecule has 6 nitrogen and oxygen atoms in total. The molecule has 2 heterocycles. The number of methoxy groups -OCH3 is 1. The number of nitrogens with zero attached hydrogens (tertiary/aromatic N) is 2. The zero-order valence-electron chi connectivity index (χ0n) is 9.85. The predicted octanol–water partition coefficient (Wildman–Crippen LogP) is 0.722. The average molecular weight is 240 g/mol. The molecular weight excluding hydrogens is 224 g/mol. The van der Waals surface area contributed by atoms with Crippen LogP contribution in [0.5, 0.6) is 0 Å². The van der Waals surface area contributed by atoms with E-state index in [-0.39, 0.29) is 24.7 Å². The number of ketones is 1. The Hall–Kier alpha value is -1.27. The van der Waals surface area contributed by atoms with Gasteiger partial charge in [-0.2, -0.15) is 4.98 Å². The van der Waals surface area contributed by atoms with Crippen LogP contribution >= 0.6 is 0 Å². The van der Waals surface area contributed by atoms with Crippen LogP contribution in [0.15, 0.2) is 4.52 Å². The Bertz CT molecular complexity index is 371. The lowest BCUT2D eigenvalue weighted by Crippen LogP contribution is -2.16. The fourth-order valence-electron chi connectivity index (χ4n) is 1.83. The normalized spacial score (nSPS) is 20.4. The number of rotatable bonds is 5. The first-order valence-corrected chi connectivity index (χ1v) is 5.70. The average Bonchev–Trinajstić information content (AvgIpc) is 2.79. The number of hydrogen-bond donors (Lipinski definition) is 0. The summed E-state index contributed by atoms with van der Waals surface area (Å²) in [6, 6.07) is 0. The Balaban J connectivity index is 1.93. The van der Waals surface area contributed by atoms with Gasteiger partial charge in [-0.05, 0) is 12.8 Å². The minimum Gasteiger partial charge on any atom is -0.381 e. The molecule has 1 unspecified atom stereocenters. The lowest BCUT2D eigenvalue weighted by molar-refractivity contribution is -0.122.